The van der Waals surface area contributed by atoms with Crippen molar-refractivity contribution in [2.24, 2.45) is 0 Å². The van der Waals surface area contributed by atoms with Crippen molar-refractivity contribution in [1.29, 1.82) is 0 Å². The van der Waals surface area contributed by atoms with Crippen LogP contribution in [-0.4, -0.2) is 35.0 Å². The van der Waals surface area contributed by atoms with Gasteiger partial charge in [-0.15, -0.1) is 0 Å². The van der Waals surface area contributed by atoms with Crippen molar-refractivity contribution in [2.45, 2.75) is 18.6 Å². The second-order valence-electron chi connectivity index (χ2n) is 4.03. The highest BCUT2D eigenvalue weighted by molar-refractivity contribution is 7.99. The summed E-state index contributed by atoms with van der Waals surface area (Å²) >= 11 is 1.69. The maximum atomic E-state index is 11.6. The Bertz CT molecular complexity index is 434. The third-order valence-corrected chi connectivity index (χ3v) is 3.50. The number of carbonyl (C=O) groups excluding carboxylic acids is 1. The molecule has 0 aromatic heterocycles. The molecule has 1 unspecified atom stereocenters. The van der Waals surface area contributed by atoms with Crippen LogP contribution in [0.15, 0.2) is 24.3 Å². The predicted molar refractivity (Wildman–Crippen MR) is 73.1 cm³/mol. The molecule has 0 bridgehead atoms. The van der Waals surface area contributed by atoms with Gasteiger partial charge in [-0.2, -0.15) is 11.8 Å². The first kappa shape index (κ1) is 14.6. The Labute approximate surface area is 111 Å². The van der Waals surface area contributed by atoms with Gasteiger partial charge < -0.3 is 10.4 Å². The van der Waals surface area contributed by atoms with E-state index in [4.69, 9.17) is 5.11 Å². The Morgan fingerprint density at radius 3 is 2.78 bits per heavy atom. The lowest BCUT2D eigenvalue weighted by Gasteiger charge is -2.10. The largest absolute Gasteiger partial charge is 0.478 e. The van der Waals surface area contributed by atoms with E-state index in [1.807, 2.05) is 13.2 Å². The minimum atomic E-state index is -0.978. The molecule has 1 rings (SSSR count). The van der Waals surface area contributed by atoms with Crippen LogP contribution >= 0.6 is 11.8 Å². The van der Waals surface area contributed by atoms with Gasteiger partial charge in [0.15, 0.2) is 0 Å². The number of aromatic carboxylic acids is 1. The maximum Gasteiger partial charge on any atom is 0.335 e. The van der Waals surface area contributed by atoms with Crippen LogP contribution in [0.4, 0.5) is 0 Å². The van der Waals surface area contributed by atoms with Crippen LogP contribution in [0.1, 0.15) is 22.8 Å². The number of carbonyl (C=O) groups is 2. The average molecular weight is 267 g/mol. The number of amides is 1. The van der Waals surface area contributed by atoms with E-state index in [0.717, 1.165) is 0 Å². The summed E-state index contributed by atoms with van der Waals surface area (Å²) in [5.74, 6) is -1.06. The van der Waals surface area contributed by atoms with Crippen molar-refractivity contribution in [3.8, 4) is 0 Å². The molecule has 0 saturated heterocycles. The van der Waals surface area contributed by atoms with Crippen molar-refractivity contribution in [2.75, 3.05) is 12.8 Å². The molecule has 0 spiro atoms. The van der Waals surface area contributed by atoms with E-state index in [2.05, 4.69) is 5.32 Å². The van der Waals surface area contributed by atoms with Gasteiger partial charge in [0, 0.05) is 11.8 Å². The van der Waals surface area contributed by atoms with E-state index < -0.39 is 5.97 Å². The summed E-state index contributed by atoms with van der Waals surface area (Å²) in [5.41, 5.74) is 0.919. The standard InChI is InChI=1S/C13H17NO3S/c1-9(18-2)8-14-12(15)7-10-4-3-5-11(6-10)13(16)17/h3-6,9H,7-8H2,1-2H3,(H,14,15)(H,16,17). The molecule has 1 atom stereocenters. The molecule has 18 heavy (non-hydrogen) atoms. The third kappa shape index (κ3) is 4.79. The van der Waals surface area contributed by atoms with Crippen LogP contribution in [0.3, 0.4) is 0 Å². The number of hydrogen-bond acceptors (Lipinski definition) is 3. The van der Waals surface area contributed by atoms with Crippen LogP contribution in [0.25, 0.3) is 0 Å². The van der Waals surface area contributed by atoms with Crippen LogP contribution in [0.5, 0.6) is 0 Å². The summed E-state index contributed by atoms with van der Waals surface area (Å²) in [7, 11) is 0. The zero-order chi connectivity index (χ0) is 13.5. The fourth-order valence-electron chi connectivity index (χ4n) is 1.40. The van der Waals surface area contributed by atoms with Gasteiger partial charge in [-0.3, -0.25) is 4.79 Å². The van der Waals surface area contributed by atoms with Crippen molar-refractivity contribution in [3.63, 3.8) is 0 Å². The summed E-state index contributed by atoms with van der Waals surface area (Å²) < 4.78 is 0. The summed E-state index contributed by atoms with van der Waals surface area (Å²) in [6.07, 6.45) is 2.20. The van der Waals surface area contributed by atoms with E-state index in [1.165, 1.54) is 12.1 Å². The monoisotopic (exact) mass is 267 g/mol. The highest BCUT2D eigenvalue weighted by Crippen LogP contribution is 2.07. The molecular formula is C13H17NO3S. The molecule has 0 aliphatic carbocycles. The van der Waals surface area contributed by atoms with E-state index in [-0.39, 0.29) is 17.9 Å². The van der Waals surface area contributed by atoms with Crippen molar-refractivity contribution >= 4 is 23.6 Å². The zero-order valence-corrected chi connectivity index (χ0v) is 11.3. The van der Waals surface area contributed by atoms with Crippen molar-refractivity contribution in [1.82, 2.24) is 5.32 Å². The quantitative estimate of drug-likeness (QED) is 0.824. The van der Waals surface area contributed by atoms with E-state index in [9.17, 15) is 9.59 Å². The molecule has 0 heterocycles. The molecule has 1 aromatic rings. The van der Waals surface area contributed by atoms with Crippen LogP contribution in [0.2, 0.25) is 0 Å². The average Bonchev–Trinajstić information content (AvgIpc) is 2.36. The highest BCUT2D eigenvalue weighted by atomic mass is 32.2. The SMILES string of the molecule is CSC(C)CNC(=O)Cc1cccc(C(=O)O)c1. The second-order valence-corrected chi connectivity index (χ2v) is 5.31. The summed E-state index contributed by atoms with van der Waals surface area (Å²) in [6.45, 7) is 2.66. The summed E-state index contributed by atoms with van der Waals surface area (Å²) in [5, 5.41) is 12.0. The lowest BCUT2D eigenvalue weighted by atomic mass is 10.1. The van der Waals surface area contributed by atoms with Crippen LogP contribution in [-0.2, 0) is 11.2 Å². The molecule has 98 valence electrons. The molecule has 0 aliphatic rings. The fourth-order valence-corrected chi connectivity index (χ4v) is 1.65. The molecule has 0 fully saturated rings. The van der Waals surface area contributed by atoms with Gasteiger partial charge in [0.2, 0.25) is 5.91 Å². The number of carboxylic acids is 1. The number of hydrogen-bond donors (Lipinski definition) is 2. The van der Waals surface area contributed by atoms with Crippen LogP contribution < -0.4 is 5.32 Å². The van der Waals surface area contributed by atoms with Gasteiger partial charge in [-0.1, -0.05) is 19.1 Å². The summed E-state index contributed by atoms with van der Waals surface area (Å²) in [6, 6.07) is 6.44. The lowest BCUT2D eigenvalue weighted by molar-refractivity contribution is -0.120. The molecule has 5 heteroatoms. The molecule has 1 amide bonds. The maximum absolute atomic E-state index is 11.6. The number of rotatable bonds is 6. The Balaban J connectivity index is 2.54. The lowest BCUT2D eigenvalue weighted by Crippen LogP contribution is -2.30. The normalized spacial score (nSPS) is 11.9. The number of nitrogens with one attached hydrogen (secondary N) is 1. The molecule has 0 aliphatic heterocycles. The first-order valence-electron chi connectivity index (χ1n) is 5.64. The van der Waals surface area contributed by atoms with Gasteiger partial charge in [-0.25, -0.2) is 4.79 Å². The minimum Gasteiger partial charge on any atom is -0.478 e. The van der Waals surface area contributed by atoms with E-state index in [1.54, 1.807) is 23.9 Å². The number of thioether (sulfide) groups is 1. The first-order chi connectivity index (χ1) is 8.52. The highest BCUT2D eigenvalue weighted by Gasteiger charge is 2.08. The minimum absolute atomic E-state index is 0.0848. The van der Waals surface area contributed by atoms with Gasteiger partial charge in [0.1, 0.15) is 0 Å². The Hall–Kier alpha value is -1.49. The van der Waals surface area contributed by atoms with E-state index in [0.29, 0.717) is 17.4 Å². The molecular weight excluding hydrogens is 250 g/mol. The Kier molecular flexibility index (Phi) is 5.71. The number of benzene rings is 1. The second kappa shape index (κ2) is 7.06. The predicted octanol–water partition coefficient (Wildman–Crippen LogP) is 1.80. The smallest absolute Gasteiger partial charge is 0.335 e. The Morgan fingerprint density at radius 1 is 1.44 bits per heavy atom. The van der Waals surface area contributed by atoms with E-state index >= 15 is 0 Å². The Morgan fingerprint density at radius 2 is 2.17 bits per heavy atom. The van der Waals surface area contributed by atoms with Crippen LogP contribution in [0, 0.1) is 0 Å². The van der Waals surface area contributed by atoms with Gasteiger partial charge in [0.05, 0.1) is 12.0 Å². The van der Waals surface area contributed by atoms with Crippen molar-refractivity contribution in [3.05, 3.63) is 35.4 Å². The van der Waals surface area contributed by atoms with Gasteiger partial charge in [0.25, 0.3) is 0 Å². The van der Waals surface area contributed by atoms with Crippen molar-refractivity contribution < 1.29 is 14.7 Å². The fraction of sp³-hybridized carbons (Fsp3) is 0.385. The van der Waals surface area contributed by atoms with Gasteiger partial charge >= 0.3 is 5.97 Å². The molecule has 4 nitrogen and oxygen atoms in total. The molecule has 0 saturated carbocycles. The zero-order valence-electron chi connectivity index (χ0n) is 10.5. The third-order valence-electron chi connectivity index (χ3n) is 2.53. The molecule has 0 radical (unpaired) electrons. The topological polar surface area (TPSA) is 66.4 Å². The molecule has 1 aromatic carbocycles. The molecule has 2 N–H and O–H groups in total. The summed E-state index contributed by atoms with van der Waals surface area (Å²) in [4.78, 5) is 22.4. The van der Waals surface area contributed by atoms with Gasteiger partial charge in [-0.05, 0) is 24.0 Å². The first-order valence-corrected chi connectivity index (χ1v) is 6.93. The number of carboxylic acid groups (broad SMARTS) is 1.